The summed E-state index contributed by atoms with van der Waals surface area (Å²) in [6.07, 6.45) is 5.00. The molecule has 1 aromatic carbocycles. The summed E-state index contributed by atoms with van der Waals surface area (Å²) in [5, 5.41) is 4.16. The molecule has 0 unspecified atom stereocenters. The third-order valence-corrected chi connectivity index (χ3v) is 2.50. The first-order chi connectivity index (χ1) is 8.54. The SMILES string of the molecule is C#CCNC(=O)C[NH2+][C@@H](C)c1ccc(F)cc1F. The third-order valence-electron chi connectivity index (χ3n) is 2.50. The Morgan fingerprint density at radius 2 is 2.28 bits per heavy atom. The van der Waals surface area contributed by atoms with E-state index < -0.39 is 11.6 Å². The molecule has 0 aliphatic rings. The van der Waals surface area contributed by atoms with E-state index in [0.29, 0.717) is 5.56 Å². The number of hydrogen-bond donors (Lipinski definition) is 2. The van der Waals surface area contributed by atoms with Crippen molar-refractivity contribution in [1.82, 2.24) is 5.32 Å². The zero-order chi connectivity index (χ0) is 13.5. The summed E-state index contributed by atoms with van der Waals surface area (Å²) in [5.41, 5.74) is 0.362. The van der Waals surface area contributed by atoms with Gasteiger partial charge in [-0.15, -0.1) is 6.42 Å². The van der Waals surface area contributed by atoms with Crippen molar-refractivity contribution in [3.63, 3.8) is 0 Å². The lowest BCUT2D eigenvalue weighted by Crippen LogP contribution is -2.87. The van der Waals surface area contributed by atoms with Crippen LogP contribution >= 0.6 is 0 Å². The molecule has 3 N–H and O–H groups in total. The number of nitrogens with two attached hydrogens (primary N) is 1. The molecule has 1 amide bonds. The van der Waals surface area contributed by atoms with Gasteiger partial charge in [0.1, 0.15) is 17.7 Å². The third kappa shape index (κ3) is 4.15. The monoisotopic (exact) mass is 253 g/mol. The number of halogens is 2. The lowest BCUT2D eigenvalue weighted by molar-refractivity contribution is -0.682. The number of terminal acetylenes is 1. The second-order valence-electron chi connectivity index (χ2n) is 3.88. The predicted molar refractivity (Wildman–Crippen MR) is 63.4 cm³/mol. The minimum Gasteiger partial charge on any atom is -0.340 e. The maximum absolute atomic E-state index is 13.4. The fourth-order valence-electron chi connectivity index (χ4n) is 1.50. The van der Waals surface area contributed by atoms with Crippen molar-refractivity contribution < 1.29 is 18.9 Å². The lowest BCUT2D eigenvalue weighted by atomic mass is 10.1. The largest absolute Gasteiger partial charge is 0.340 e. The molecule has 1 aromatic rings. The Hall–Kier alpha value is -1.93. The molecule has 1 atom stereocenters. The highest BCUT2D eigenvalue weighted by Crippen LogP contribution is 2.14. The average Bonchev–Trinajstić information content (AvgIpc) is 2.33. The van der Waals surface area contributed by atoms with Crippen LogP contribution in [0.1, 0.15) is 18.5 Å². The van der Waals surface area contributed by atoms with Crippen LogP contribution in [0.4, 0.5) is 8.78 Å². The topological polar surface area (TPSA) is 45.7 Å². The highest BCUT2D eigenvalue weighted by atomic mass is 19.1. The Labute approximate surface area is 105 Å². The molecule has 0 spiro atoms. The van der Waals surface area contributed by atoms with Crippen LogP contribution < -0.4 is 10.6 Å². The molecule has 0 saturated heterocycles. The Balaban J connectivity index is 2.53. The first-order valence-electron chi connectivity index (χ1n) is 5.53. The summed E-state index contributed by atoms with van der Waals surface area (Å²) < 4.78 is 26.2. The molecular weight excluding hydrogens is 238 g/mol. The Bertz CT molecular complexity index is 469. The smallest absolute Gasteiger partial charge is 0.275 e. The molecule has 5 heteroatoms. The van der Waals surface area contributed by atoms with Crippen LogP contribution in [0.25, 0.3) is 0 Å². The Kier molecular flexibility index (Phi) is 5.28. The van der Waals surface area contributed by atoms with Crippen LogP contribution in [0, 0.1) is 24.0 Å². The Morgan fingerprint density at radius 1 is 1.56 bits per heavy atom. The van der Waals surface area contributed by atoms with Gasteiger partial charge in [0.25, 0.3) is 5.91 Å². The predicted octanol–water partition coefficient (Wildman–Crippen LogP) is 0.339. The number of quaternary nitrogens is 1. The molecule has 1 rings (SSSR count). The van der Waals surface area contributed by atoms with Crippen molar-refractivity contribution >= 4 is 5.91 Å². The fourth-order valence-corrected chi connectivity index (χ4v) is 1.50. The van der Waals surface area contributed by atoms with Gasteiger partial charge in [-0.25, -0.2) is 8.78 Å². The van der Waals surface area contributed by atoms with Gasteiger partial charge in [-0.05, 0) is 19.1 Å². The van der Waals surface area contributed by atoms with Crippen molar-refractivity contribution in [1.29, 1.82) is 0 Å². The molecule has 96 valence electrons. The van der Waals surface area contributed by atoms with Crippen molar-refractivity contribution in [2.45, 2.75) is 13.0 Å². The van der Waals surface area contributed by atoms with Gasteiger partial charge in [-0.3, -0.25) is 4.79 Å². The van der Waals surface area contributed by atoms with Gasteiger partial charge in [0.05, 0.1) is 6.54 Å². The van der Waals surface area contributed by atoms with Crippen LogP contribution in [-0.2, 0) is 4.79 Å². The number of benzene rings is 1. The fraction of sp³-hybridized carbons (Fsp3) is 0.308. The van der Waals surface area contributed by atoms with Crippen LogP contribution in [-0.4, -0.2) is 19.0 Å². The molecule has 18 heavy (non-hydrogen) atoms. The quantitative estimate of drug-likeness (QED) is 0.730. The summed E-state index contributed by atoms with van der Waals surface area (Å²) in [5.74, 6) is 0.842. The highest BCUT2D eigenvalue weighted by molar-refractivity contribution is 5.76. The first-order valence-corrected chi connectivity index (χ1v) is 5.53. The van der Waals surface area contributed by atoms with E-state index in [-0.39, 0.29) is 25.0 Å². The number of carbonyl (C=O) groups is 1. The molecule has 0 fully saturated rings. The maximum atomic E-state index is 13.4. The summed E-state index contributed by atoms with van der Waals surface area (Å²) in [4.78, 5) is 11.3. The van der Waals surface area contributed by atoms with Gasteiger partial charge in [0, 0.05) is 11.6 Å². The summed E-state index contributed by atoms with van der Waals surface area (Å²) in [6, 6.07) is 3.13. The van der Waals surface area contributed by atoms with Crippen LogP contribution in [0.2, 0.25) is 0 Å². The van der Waals surface area contributed by atoms with Crippen LogP contribution in [0.5, 0.6) is 0 Å². The maximum Gasteiger partial charge on any atom is 0.275 e. The van der Waals surface area contributed by atoms with E-state index in [4.69, 9.17) is 6.42 Å². The van der Waals surface area contributed by atoms with E-state index in [0.717, 1.165) is 6.07 Å². The number of hydrogen-bond acceptors (Lipinski definition) is 1. The van der Waals surface area contributed by atoms with Crippen LogP contribution in [0.15, 0.2) is 18.2 Å². The van der Waals surface area contributed by atoms with Crippen molar-refractivity contribution in [3.8, 4) is 12.3 Å². The second kappa shape index (κ2) is 6.72. The van der Waals surface area contributed by atoms with Crippen molar-refractivity contribution in [2.24, 2.45) is 0 Å². The molecule has 0 bridgehead atoms. The number of amides is 1. The molecule has 0 aliphatic heterocycles. The van der Waals surface area contributed by atoms with E-state index in [1.54, 1.807) is 12.2 Å². The zero-order valence-electron chi connectivity index (χ0n) is 10.0. The average molecular weight is 253 g/mol. The van der Waals surface area contributed by atoms with E-state index in [1.165, 1.54) is 12.1 Å². The molecule has 0 aliphatic carbocycles. The second-order valence-corrected chi connectivity index (χ2v) is 3.88. The Morgan fingerprint density at radius 3 is 2.89 bits per heavy atom. The molecule has 3 nitrogen and oxygen atoms in total. The molecule has 0 aromatic heterocycles. The minimum absolute atomic E-state index is 0.139. The van der Waals surface area contributed by atoms with Gasteiger partial charge >= 0.3 is 0 Å². The van der Waals surface area contributed by atoms with Gasteiger partial charge in [-0.2, -0.15) is 0 Å². The first kappa shape index (κ1) is 14.1. The van der Waals surface area contributed by atoms with E-state index >= 15 is 0 Å². The molecular formula is C13H15F2N2O+. The highest BCUT2D eigenvalue weighted by Gasteiger charge is 2.15. The number of rotatable bonds is 5. The van der Waals surface area contributed by atoms with Gasteiger partial charge in [0.2, 0.25) is 0 Å². The van der Waals surface area contributed by atoms with E-state index in [2.05, 4.69) is 11.2 Å². The van der Waals surface area contributed by atoms with Crippen molar-refractivity contribution in [2.75, 3.05) is 13.1 Å². The van der Waals surface area contributed by atoms with E-state index in [1.807, 2.05) is 0 Å². The van der Waals surface area contributed by atoms with E-state index in [9.17, 15) is 13.6 Å². The molecule has 0 radical (unpaired) electrons. The summed E-state index contributed by atoms with van der Waals surface area (Å²) >= 11 is 0. The number of nitrogens with one attached hydrogen (secondary N) is 1. The van der Waals surface area contributed by atoms with Gasteiger partial charge in [-0.1, -0.05) is 5.92 Å². The standard InChI is InChI=1S/C13H14F2N2O/c1-3-6-16-13(18)8-17-9(2)11-5-4-10(14)7-12(11)15/h1,4-5,7,9,17H,6,8H2,2H3,(H,16,18)/p+1/t9-/m0/s1. The molecule has 0 heterocycles. The molecule has 0 saturated carbocycles. The van der Waals surface area contributed by atoms with Gasteiger partial charge < -0.3 is 10.6 Å². The van der Waals surface area contributed by atoms with Crippen LogP contribution in [0.3, 0.4) is 0 Å². The van der Waals surface area contributed by atoms with Gasteiger partial charge in [0.15, 0.2) is 6.54 Å². The summed E-state index contributed by atoms with van der Waals surface area (Å²) in [6.45, 7) is 2.05. The zero-order valence-corrected chi connectivity index (χ0v) is 10.0. The normalized spacial score (nSPS) is 11.7. The summed E-state index contributed by atoms with van der Waals surface area (Å²) in [7, 11) is 0. The number of carbonyl (C=O) groups excluding carboxylic acids is 1. The minimum atomic E-state index is -0.616. The van der Waals surface area contributed by atoms with Crippen molar-refractivity contribution in [3.05, 3.63) is 35.4 Å². The lowest BCUT2D eigenvalue weighted by Gasteiger charge is -2.11.